The molecule has 0 aromatic heterocycles. The summed E-state index contributed by atoms with van der Waals surface area (Å²) < 4.78 is 13.2. The highest BCUT2D eigenvalue weighted by Crippen LogP contribution is 2.34. The third-order valence-corrected chi connectivity index (χ3v) is 4.66. The summed E-state index contributed by atoms with van der Waals surface area (Å²) in [4.78, 5) is 0. The number of hydrogen-bond donors (Lipinski definition) is 0. The summed E-state index contributed by atoms with van der Waals surface area (Å²) in [6.45, 7) is 11.5. The van der Waals surface area contributed by atoms with E-state index in [2.05, 4.69) is 46.8 Å². The molecular formula is C20H31F. The molecule has 0 heterocycles. The molecule has 0 spiro atoms. The minimum atomic E-state index is -0.164. The standard InChI is InChI=1S/C20H31F/c1-6-12-20(5,13-10-17(4)16(2)3)14-11-18-8-7-9-19(21)15-18/h7-9,11,14-17H,6,10,12-13H2,1-5H3/b14-11+. The highest BCUT2D eigenvalue weighted by Gasteiger charge is 2.21. The first-order chi connectivity index (χ1) is 9.86. The van der Waals surface area contributed by atoms with Gasteiger partial charge in [0, 0.05) is 0 Å². The third kappa shape index (κ3) is 6.46. The van der Waals surface area contributed by atoms with Crippen LogP contribution in [-0.2, 0) is 0 Å². The molecular weight excluding hydrogens is 259 g/mol. The zero-order valence-electron chi connectivity index (χ0n) is 14.3. The normalized spacial score (nSPS) is 16.3. The van der Waals surface area contributed by atoms with E-state index in [9.17, 15) is 4.39 Å². The van der Waals surface area contributed by atoms with Gasteiger partial charge < -0.3 is 0 Å². The fraction of sp³-hybridized carbons (Fsp3) is 0.600. The van der Waals surface area contributed by atoms with Crippen molar-refractivity contribution in [2.45, 2.75) is 60.3 Å². The second kappa shape index (κ2) is 8.36. The summed E-state index contributed by atoms with van der Waals surface area (Å²) >= 11 is 0. The van der Waals surface area contributed by atoms with Gasteiger partial charge in [-0.15, -0.1) is 0 Å². The lowest BCUT2D eigenvalue weighted by molar-refractivity contribution is 0.287. The van der Waals surface area contributed by atoms with Crippen LogP contribution in [0.5, 0.6) is 0 Å². The Morgan fingerprint density at radius 1 is 1.19 bits per heavy atom. The average Bonchev–Trinajstić information content (AvgIpc) is 2.43. The van der Waals surface area contributed by atoms with Crippen LogP contribution in [-0.4, -0.2) is 0 Å². The minimum absolute atomic E-state index is 0.164. The van der Waals surface area contributed by atoms with E-state index >= 15 is 0 Å². The molecule has 2 unspecified atom stereocenters. The Morgan fingerprint density at radius 2 is 1.90 bits per heavy atom. The number of rotatable bonds is 8. The van der Waals surface area contributed by atoms with Crippen molar-refractivity contribution in [3.63, 3.8) is 0 Å². The molecule has 0 nitrogen and oxygen atoms in total. The van der Waals surface area contributed by atoms with Crippen molar-refractivity contribution < 1.29 is 4.39 Å². The second-order valence-corrected chi connectivity index (χ2v) is 7.05. The highest BCUT2D eigenvalue weighted by atomic mass is 19.1. The van der Waals surface area contributed by atoms with Crippen LogP contribution in [0.2, 0.25) is 0 Å². The third-order valence-electron chi connectivity index (χ3n) is 4.66. The van der Waals surface area contributed by atoms with Crippen LogP contribution < -0.4 is 0 Å². The molecule has 0 aliphatic heterocycles. The van der Waals surface area contributed by atoms with Crippen molar-refractivity contribution in [1.29, 1.82) is 0 Å². The van der Waals surface area contributed by atoms with Crippen LogP contribution in [0.4, 0.5) is 4.39 Å². The van der Waals surface area contributed by atoms with Crippen LogP contribution in [0.15, 0.2) is 30.3 Å². The van der Waals surface area contributed by atoms with Gasteiger partial charge in [-0.2, -0.15) is 0 Å². The van der Waals surface area contributed by atoms with Crippen molar-refractivity contribution in [2.75, 3.05) is 0 Å². The van der Waals surface area contributed by atoms with Gasteiger partial charge in [-0.05, 0) is 54.2 Å². The first kappa shape index (κ1) is 17.9. The Bertz CT molecular complexity index is 447. The Kier molecular flexibility index (Phi) is 7.14. The fourth-order valence-electron chi connectivity index (χ4n) is 2.66. The Balaban J connectivity index is 2.74. The van der Waals surface area contributed by atoms with Crippen LogP contribution in [0.3, 0.4) is 0 Å². The largest absolute Gasteiger partial charge is 0.207 e. The molecule has 1 aromatic carbocycles. The van der Waals surface area contributed by atoms with Crippen LogP contribution in [0.1, 0.15) is 65.9 Å². The van der Waals surface area contributed by atoms with Gasteiger partial charge in [0.05, 0.1) is 0 Å². The smallest absolute Gasteiger partial charge is 0.123 e. The van der Waals surface area contributed by atoms with E-state index in [0.29, 0.717) is 0 Å². The van der Waals surface area contributed by atoms with Crippen molar-refractivity contribution in [1.82, 2.24) is 0 Å². The van der Waals surface area contributed by atoms with Crippen LogP contribution in [0, 0.1) is 23.1 Å². The highest BCUT2D eigenvalue weighted by molar-refractivity contribution is 5.49. The molecule has 1 rings (SSSR count). The molecule has 0 saturated heterocycles. The lowest BCUT2D eigenvalue weighted by Crippen LogP contribution is -2.16. The first-order valence-electron chi connectivity index (χ1n) is 8.31. The van der Waals surface area contributed by atoms with E-state index in [4.69, 9.17) is 0 Å². The van der Waals surface area contributed by atoms with Crippen LogP contribution in [0.25, 0.3) is 6.08 Å². The average molecular weight is 290 g/mol. The molecule has 0 aliphatic carbocycles. The van der Waals surface area contributed by atoms with Crippen molar-refractivity contribution in [3.05, 3.63) is 41.7 Å². The Morgan fingerprint density at radius 3 is 2.48 bits per heavy atom. The van der Waals surface area contributed by atoms with E-state index in [-0.39, 0.29) is 11.2 Å². The van der Waals surface area contributed by atoms with Crippen molar-refractivity contribution in [2.24, 2.45) is 17.3 Å². The van der Waals surface area contributed by atoms with Crippen molar-refractivity contribution >= 4 is 6.08 Å². The summed E-state index contributed by atoms with van der Waals surface area (Å²) in [5.74, 6) is 1.33. The van der Waals surface area contributed by atoms with Gasteiger partial charge in [0.2, 0.25) is 0 Å². The van der Waals surface area contributed by atoms with Crippen LogP contribution >= 0.6 is 0 Å². The van der Waals surface area contributed by atoms with Gasteiger partial charge in [-0.25, -0.2) is 4.39 Å². The predicted octanol–water partition coefficient (Wildman–Crippen LogP) is 6.72. The molecule has 1 heteroatoms. The molecule has 1 aromatic rings. The summed E-state index contributed by atoms with van der Waals surface area (Å²) in [7, 11) is 0. The molecule has 0 bridgehead atoms. The maximum absolute atomic E-state index is 13.2. The first-order valence-corrected chi connectivity index (χ1v) is 8.31. The predicted molar refractivity (Wildman–Crippen MR) is 91.7 cm³/mol. The van der Waals surface area contributed by atoms with E-state index in [0.717, 1.165) is 17.4 Å². The van der Waals surface area contributed by atoms with E-state index in [1.807, 2.05) is 6.07 Å². The molecule has 0 N–H and O–H groups in total. The van der Waals surface area contributed by atoms with E-state index in [1.54, 1.807) is 12.1 Å². The molecule has 0 radical (unpaired) electrons. The Hall–Kier alpha value is -1.11. The van der Waals surface area contributed by atoms with E-state index < -0.39 is 0 Å². The molecule has 0 aliphatic rings. The number of hydrogen-bond acceptors (Lipinski definition) is 0. The second-order valence-electron chi connectivity index (χ2n) is 7.05. The quantitative estimate of drug-likeness (QED) is 0.498. The maximum atomic E-state index is 13.2. The van der Waals surface area contributed by atoms with Gasteiger partial charge in [0.25, 0.3) is 0 Å². The summed E-state index contributed by atoms with van der Waals surface area (Å²) in [6, 6.07) is 6.82. The fourth-order valence-corrected chi connectivity index (χ4v) is 2.66. The zero-order valence-corrected chi connectivity index (χ0v) is 14.3. The monoisotopic (exact) mass is 290 g/mol. The van der Waals surface area contributed by atoms with Gasteiger partial charge in [0.15, 0.2) is 0 Å². The van der Waals surface area contributed by atoms with E-state index in [1.165, 1.54) is 31.7 Å². The van der Waals surface area contributed by atoms with Gasteiger partial charge in [0.1, 0.15) is 5.82 Å². The zero-order chi connectivity index (χ0) is 15.9. The number of halogens is 1. The molecule has 0 fully saturated rings. The molecule has 0 amide bonds. The summed E-state index contributed by atoms with van der Waals surface area (Å²) in [5, 5.41) is 0. The van der Waals surface area contributed by atoms with Gasteiger partial charge >= 0.3 is 0 Å². The van der Waals surface area contributed by atoms with Gasteiger partial charge in [-0.1, -0.05) is 65.3 Å². The molecule has 118 valence electrons. The summed E-state index contributed by atoms with van der Waals surface area (Å²) in [6.07, 6.45) is 9.19. The van der Waals surface area contributed by atoms with Gasteiger partial charge in [-0.3, -0.25) is 0 Å². The molecule has 21 heavy (non-hydrogen) atoms. The molecule has 0 saturated carbocycles. The topological polar surface area (TPSA) is 0 Å². The summed E-state index contributed by atoms with van der Waals surface area (Å²) in [5.41, 5.74) is 1.17. The lowest BCUT2D eigenvalue weighted by atomic mass is 9.77. The Labute approximate surface area is 130 Å². The van der Waals surface area contributed by atoms with Crippen molar-refractivity contribution in [3.8, 4) is 0 Å². The molecule has 2 atom stereocenters. The number of allylic oxidation sites excluding steroid dienone is 1. The number of benzene rings is 1. The SMILES string of the molecule is CCCC(C)(/C=C/c1cccc(F)c1)CCC(C)C(C)C. The lowest BCUT2D eigenvalue weighted by Gasteiger charge is -2.28. The minimum Gasteiger partial charge on any atom is -0.207 e. The maximum Gasteiger partial charge on any atom is 0.123 e.